The number of hydrogen-bond acceptors (Lipinski definition) is 2. The number of aliphatic hydroxyl groups is 1. The summed E-state index contributed by atoms with van der Waals surface area (Å²) in [6.45, 7) is 2.03. The van der Waals surface area contributed by atoms with Crippen LogP contribution in [0.3, 0.4) is 0 Å². The zero-order valence-corrected chi connectivity index (χ0v) is 8.61. The monoisotopic (exact) mass is 191 g/mol. The molecule has 2 rings (SSSR count). The van der Waals surface area contributed by atoms with Crippen molar-refractivity contribution in [2.45, 2.75) is 38.2 Å². The molecule has 1 heterocycles. The van der Waals surface area contributed by atoms with E-state index in [1.165, 1.54) is 6.42 Å². The van der Waals surface area contributed by atoms with Gasteiger partial charge >= 0.3 is 0 Å². The van der Waals surface area contributed by atoms with Crippen LogP contribution in [0, 0.1) is 5.92 Å². The summed E-state index contributed by atoms with van der Waals surface area (Å²) in [4.78, 5) is 4.27. The van der Waals surface area contributed by atoms with Crippen LogP contribution in [-0.4, -0.2) is 10.1 Å². The largest absolute Gasteiger partial charge is 0.383 e. The van der Waals surface area contributed by atoms with Gasteiger partial charge in [-0.15, -0.1) is 0 Å². The van der Waals surface area contributed by atoms with Crippen LogP contribution < -0.4 is 0 Å². The van der Waals surface area contributed by atoms with Crippen molar-refractivity contribution in [3.05, 3.63) is 30.1 Å². The lowest BCUT2D eigenvalue weighted by Crippen LogP contribution is -2.39. The molecule has 1 aliphatic rings. The summed E-state index contributed by atoms with van der Waals surface area (Å²) in [6, 6.07) is 5.77. The highest BCUT2D eigenvalue weighted by molar-refractivity contribution is 5.15. The maximum Gasteiger partial charge on any atom is 0.109 e. The third-order valence-electron chi connectivity index (χ3n) is 3.43. The van der Waals surface area contributed by atoms with E-state index in [0.717, 1.165) is 25.0 Å². The van der Waals surface area contributed by atoms with Crippen molar-refractivity contribution in [1.29, 1.82) is 0 Å². The Morgan fingerprint density at radius 2 is 2.29 bits per heavy atom. The van der Waals surface area contributed by atoms with E-state index in [1.54, 1.807) is 6.20 Å². The second-order valence-corrected chi connectivity index (χ2v) is 4.12. The Kier molecular flexibility index (Phi) is 2.55. The van der Waals surface area contributed by atoms with Crippen molar-refractivity contribution in [2.75, 3.05) is 0 Å². The van der Waals surface area contributed by atoms with E-state index in [-0.39, 0.29) is 0 Å². The first-order valence-corrected chi connectivity index (χ1v) is 5.41. The summed E-state index contributed by atoms with van der Waals surface area (Å²) >= 11 is 0. The topological polar surface area (TPSA) is 33.1 Å². The third kappa shape index (κ3) is 1.44. The van der Waals surface area contributed by atoms with Crippen LogP contribution in [0.5, 0.6) is 0 Å². The summed E-state index contributed by atoms with van der Waals surface area (Å²) in [6.07, 6.45) is 6.05. The summed E-state index contributed by atoms with van der Waals surface area (Å²) in [5.74, 6) is 0.419. The molecule has 1 atom stereocenters. The standard InChI is InChI=1S/C12H17NO/c1-2-12(14,10-6-5-7-10)11-8-3-4-9-13-11/h3-4,8-10,14H,2,5-7H2,1H3. The molecule has 1 saturated carbocycles. The maximum atomic E-state index is 10.5. The molecule has 1 aromatic rings. The van der Waals surface area contributed by atoms with E-state index in [1.807, 2.05) is 25.1 Å². The molecule has 14 heavy (non-hydrogen) atoms. The summed E-state index contributed by atoms with van der Waals surface area (Å²) in [5, 5.41) is 10.5. The Labute approximate surface area is 85.0 Å². The molecule has 0 bridgehead atoms. The highest BCUT2D eigenvalue weighted by Crippen LogP contribution is 2.43. The SMILES string of the molecule is CCC(O)(c1ccccn1)C1CCC1. The fraction of sp³-hybridized carbons (Fsp3) is 0.583. The summed E-state index contributed by atoms with van der Waals surface area (Å²) < 4.78 is 0. The van der Waals surface area contributed by atoms with Crippen LogP contribution in [0.4, 0.5) is 0 Å². The van der Waals surface area contributed by atoms with Crippen LogP contribution in [0.25, 0.3) is 0 Å². The van der Waals surface area contributed by atoms with Gasteiger partial charge in [-0.2, -0.15) is 0 Å². The van der Waals surface area contributed by atoms with Gasteiger partial charge in [-0.3, -0.25) is 4.98 Å². The number of nitrogens with zero attached hydrogens (tertiary/aromatic N) is 1. The van der Waals surface area contributed by atoms with E-state index in [0.29, 0.717) is 5.92 Å². The molecule has 1 unspecified atom stereocenters. The highest BCUT2D eigenvalue weighted by atomic mass is 16.3. The minimum absolute atomic E-state index is 0.419. The van der Waals surface area contributed by atoms with Crippen LogP contribution >= 0.6 is 0 Å². The molecule has 0 aliphatic heterocycles. The molecular formula is C12H17NO. The third-order valence-corrected chi connectivity index (χ3v) is 3.43. The molecule has 0 spiro atoms. The molecule has 1 aromatic heterocycles. The quantitative estimate of drug-likeness (QED) is 0.796. The maximum absolute atomic E-state index is 10.5. The van der Waals surface area contributed by atoms with E-state index in [9.17, 15) is 5.11 Å². The second kappa shape index (κ2) is 3.70. The Morgan fingerprint density at radius 3 is 2.71 bits per heavy atom. The highest BCUT2D eigenvalue weighted by Gasteiger charge is 2.40. The molecule has 76 valence electrons. The van der Waals surface area contributed by atoms with Crippen molar-refractivity contribution < 1.29 is 5.11 Å². The first-order chi connectivity index (χ1) is 6.77. The van der Waals surface area contributed by atoms with Crippen LogP contribution in [0.15, 0.2) is 24.4 Å². The van der Waals surface area contributed by atoms with Crippen molar-refractivity contribution in [1.82, 2.24) is 4.98 Å². The van der Waals surface area contributed by atoms with Crippen LogP contribution in [0.1, 0.15) is 38.3 Å². The van der Waals surface area contributed by atoms with Gasteiger partial charge in [0, 0.05) is 6.20 Å². The Morgan fingerprint density at radius 1 is 1.50 bits per heavy atom. The van der Waals surface area contributed by atoms with Gasteiger partial charge in [0.1, 0.15) is 5.60 Å². The van der Waals surface area contributed by atoms with E-state index >= 15 is 0 Å². The van der Waals surface area contributed by atoms with Gasteiger partial charge in [0.25, 0.3) is 0 Å². The smallest absolute Gasteiger partial charge is 0.109 e. The van der Waals surface area contributed by atoms with Crippen LogP contribution in [-0.2, 0) is 5.60 Å². The predicted molar refractivity (Wildman–Crippen MR) is 55.8 cm³/mol. The van der Waals surface area contributed by atoms with Crippen molar-refractivity contribution in [2.24, 2.45) is 5.92 Å². The first-order valence-electron chi connectivity index (χ1n) is 5.41. The number of aromatic nitrogens is 1. The molecule has 2 nitrogen and oxygen atoms in total. The minimum Gasteiger partial charge on any atom is -0.383 e. The van der Waals surface area contributed by atoms with Gasteiger partial charge in [-0.05, 0) is 37.3 Å². The minimum atomic E-state index is -0.681. The van der Waals surface area contributed by atoms with E-state index in [2.05, 4.69) is 4.98 Å². The average Bonchev–Trinajstić information content (AvgIpc) is 2.16. The molecule has 1 aliphatic carbocycles. The fourth-order valence-corrected chi connectivity index (χ4v) is 2.18. The van der Waals surface area contributed by atoms with Gasteiger partial charge in [0.05, 0.1) is 5.69 Å². The normalized spacial score (nSPS) is 21.3. The molecule has 1 N–H and O–H groups in total. The Hall–Kier alpha value is -0.890. The average molecular weight is 191 g/mol. The Bertz CT molecular complexity index is 294. The lowest BCUT2D eigenvalue weighted by Gasteiger charge is -2.40. The zero-order chi connectivity index (χ0) is 10.0. The van der Waals surface area contributed by atoms with Gasteiger partial charge in [-0.25, -0.2) is 0 Å². The number of rotatable bonds is 3. The molecule has 0 aromatic carbocycles. The van der Waals surface area contributed by atoms with E-state index < -0.39 is 5.60 Å². The molecule has 0 radical (unpaired) electrons. The second-order valence-electron chi connectivity index (χ2n) is 4.12. The fourth-order valence-electron chi connectivity index (χ4n) is 2.18. The van der Waals surface area contributed by atoms with Crippen molar-refractivity contribution >= 4 is 0 Å². The number of pyridine rings is 1. The van der Waals surface area contributed by atoms with Gasteiger partial charge in [0.2, 0.25) is 0 Å². The lowest BCUT2D eigenvalue weighted by atomic mass is 9.70. The van der Waals surface area contributed by atoms with E-state index in [4.69, 9.17) is 0 Å². The molecule has 2 heteroatoms. The summed E-state index contributed by atoms with van der Waals surface area (Å²) in [7, 11) is 0. The molecule has 1 fully saturated rings. The molecule has 0 saturated heterocycles. The Balaban J connectivity index is 2.27. The summed E-state index contributed by atoms with van der Waals surface area (Å²) in [5.41, 5.74) is 0.159. The van der Waals surface area contributed by atoms with Crippen LogP contribution in [0.2, 0.25) is 0 Å². The lowest BCUT2D eigenvalue weighted by molar-refractivity contribution is -0.0629. The predicted octanol–water partition coefficient (Wildman–Crippen LogP) is 2.48. The zero-order valence-electron chi connectivity index (χ0n) is 8.61. The molecular weight excluding hydrogens is 174 g/mol. The van der Waals surface area contributed by atoms with Gasteiger partial charge < -0.3 is 5.11 Å². The van der Waals surface area contributed by atoms with Crippen molar-refractivity contribution in [3.63, 3.8) is 0 Å². The van der Waals surface area contributed by atoms with Gasteiger partial charge in [0.15, 0.2) is 0 Å². The first kappa shape index (κ1) is 9.66. The van der Waals surface area contributed by atoms with Crippen molar-refractivity contribution in [3.8, 4) is 0 Å². The van der Waals surface area contributed by atoms with Gasteiger partial charge in [-0.1, -0.05) is 19.4 Å². The number of hydrogen-bond donors (Lipinski definition) is 1. The molecule has 0 amide bonds.